The van der Waals surface area contributed by atoms with Crippen LogP contribution in [0, 0.1) is 0 Å². The standard InChI is InChI=1S/C27H45NO15Si/c1-13(29)36-11-18-22(21(34)20(28)26(35)41-18)43-27(9-10-44(6,7)8)25(40-17(5)33)24(39-16(4)32)23(38-15(3)31)19(42-27)12-37-14(2)30/h18-26,34-35H,9-12,28H2,1-8H3/t18-,19-,20-,21-,22-,23+,24+,25-,26-,27+/m1/s1. The topological polar surface area (TPSA) is 226 Å². The molecule has 2 heterocycles. The Balaban J connectivity index is 2.80. The highest BCUT2D eigenvalue weighted by atomic mass is 28.3. The third-order valence-corrected chi connectivity index (χ3v) is 8.62. The van der Waals surface area contributed by atoms with E-state index in [2.05, 4.69) is 0 Å². The van der Waals surface area contributed by atoms with E-state index in [4.69, 9.17) is 43.6 Å². The first-order valence-electron chi connectivity index (χ1n) is 14.2. The number of esters is 5. The van der Waals surface area contributed by atoms with E-state index in [1.54, 1.807) is 0 Å². The van der Waals surface area contributed by atoms with E-state index in [0.29, 0.717) is 6.04 Å². The maximum absolute atomic E-state index is 12.5. The molecule has 2 rings (SSSR count). The lowest BCUT2D eigenvalue weighted by atomic mass is 9.88. The fourth-order valence-corrected chi connectivity index (χ4v) is 6.01. The van der Waals surface area contributed by atoms with Crippen LogP contribution < -0.4 is 5.73 Å². The van der Waals surface area contributed by atoms with Crippen LogP contribution in [0.2, 0.25) is 25.7 Å². The normalized spacial score (nSPS) is 33.9. The Morgan fingerprint density at radius 2 is 1.25 bits per heavy atom. The molecule has 0 spiro atoms. The van der Waals surface area contributed by atoms with Crippen molar-refractivity contribution in [3.8, 4) is 0 Å². The molecule has 2 saturated heterocycles. The van der Waals surface area contributed by atoms with Crippen molar-refractivity contribution in [3.63, 3.8) is 0 Å². The number of rotatable bonds is 12. The van der Waals surface area contributed by atoms with E-state index in [1.807, 2.05) is 19.6 Å². The van der Waals surface area contributed by atoms with Crippen LogP contribution in [0.15, 0.2) is 0 Å². The summed E-state index contributed by atoms with van der Waals surface area (Å²) in [4.78, 5) is 60.5. The molecular formula is C27H45NO15Si. The summed E-state index contributed by atoms with van der Waals surface area (Å²) in [6, 6.07) is -0.948. The van der Waals surface area contributed by atoms with Gasteiger partial charge >= 0.3 is 29.8 Å². The highest BCUT2D eigenvalue weighted by molar-refractivity contribution is 6.76. The highest BCUT2D eigenvalue weighted by Crippen LogP contribution is 2.43. The van der Waals surface area contributed by atoms with Crippen molar-refractivity contribution in [2.45, 2.75) is 128 Å². The molecule has 0 saturated carbocycles. The molecular weight excluding hydrogens is 606 g/mol. The Hall–Kier alpha value is -2.67. The predicted molar refractivity (Wildman–Crippen MR) is 150 cm³/mol. The number of aliphatic hydroxyl groups is 2. The summed E-state index contributed by atoms with van der Waals surface area (Å²) in [5.41, 5.74) is 6.00. The fraction of sp³-hybridized carbons (Fsp3) is 0.815. The number of ether oxygens (including phenoxy) is 8. The molecule has 0 aromatic carbocycles. The molecule has 0 radical (unpaired) electrons. The molecule has 10 atom stereocenters. The molecule has 0 aromatic heterocycles. The number of aliphatic hydroxyl groups excluding tert-OH is 2. The van der Waals surface area contributed by atoms with Crippen LogP contribution in [0.3, 0.4) is 0 Å². The van der Waals surface area contributed by atoms with Crippen molar-refractivity contribution in [2.24, 2.45) is 5.73 Å². The Labute approximate surface area is 256 Å². The first kappa shape index (κ1) is 37.5. The first-order chi connectivity index (χ1) is 20.3. The fourth-order valence-electron chi connectivity index (χ4n) is 4.91. The lowest BCUT2D eigenvalue weighted by molar-refractivity contribution is -0.397. The maximum atomic E-state index is 12.5. The zero-order chi connectivity index (χ0) is 33.6. The van der Waals surface area contributed by atoms with Crippen LogP contribution in [-0.4, -0.2) is 122 Å². The molecule has 2 aliphatic heterocycles. The lowest BCUT2D eigenvalue weighted by Crippen LogP contribution is -2.72. The minimum atomic E-state index is -2.08. The highest BCUT2D eigenvalue weighted by Gasteiger charge is 2.63. The summed E-state index contributed by atoms with van der Waals surface area (Å²) in [5, 5.41) is 21.5. The van der Waals surface area contributed by atoms with Gasteiger partial charge in [-0.05, 0) is 0 Å². The van der Waals surface area contributed by atoms with Gasteiger partial charge in [-0.3, -0.25) is 24.0 Å². The van der Waals surface area contributed by atoms with Crippen LogP contribution in [-0.2, 0) is 61.9 Å². The average Bonchev–Trinajstić information content (AvgIpc) is 2.88. The van der Waals surface area contributed by atoms with Gasteiger partial charge in [0.1, 0.15) is 37.6 Å². The van der Waals surface area contributed by atoms with E-state index >= 15 is 0 Å². The van der Waals surface area contributed by atoms with Gasteiger partial charge in [-0.1, -0.05) is 25.7 Å². The van der Waals surface area contributed by atoms with Crippen molar-refractivity contribution in [1.82, 2.24) is 0 Å². The SMILES string of the molecule is CC(=O)OC[C@H]1O[C@@](CC[Si](C)(C)C)(O[C@H]2[C@H](O)[C@@H](N)[C@H](O)O[C@@H]2COC(C)=O)[C@H](OC(C)=O)[C@@H](OC(C)=O)[C@H]1OC(C)=O. The molecule has 2 fully saturated rings. The Morgan fingerprint density at radius 3 is 1.73 bits per heavy atom. The third-order valence-electron chi connectivity index (χ3n) is 6.87. The van der Waals surface area contributed by atoms with Crippen molar-refractivity contribution < 1.29 is 72.1 Å². The van der Waals surface area contributed by atoms with E-state index in [1.165, 1.54) is 0 Å². The van der Waals surface area contributed by atoms with Gasteiger partial charge in [0, 0.05) is 49.1 Å². The number of carbonyl (C=O) groups is 5. The Morgan fingerprint density at radius 1 is 0.750 bits per heavy atom. The molecule has 0 aromatic rings. The van der Waals surface area contributed by atoms with Crippen LogP contribution in [0.5, 0.6) is 0 Å². The summed E-state index contributed by atoms with van der Waals surface area (Å²) < 4.78 is 45.5. The summed E-state index contributed by atoms with van der Waals surface area (Å²) >= 11 is 0. The van der Waals surface area contributed by atoms with Crippen LogP contribution in [0.1, 0.15) is 41.0 Å². The molecule has 0 unspecified atom stereocenters. The van der Waals surface area contributed by atoms with Crippen LogP contribution >= 0.6 is 0 Å². The van der Waals surface area contributed by atoms with Gasteiger partial charge in [-0.15, -0.1) is 0 Å². The van der Waals surface area contributed by atoms with Crippen molar-refractivity contribution >= 4 is 37.9 Å². The average molecular weight is 652 g/mol. The minimum absolute atomic E-state index is 0.0386. The van der Waals surface area contributed by atoms with Crippen molar-refractivity contribution in [2.75, 3.05) is 13.2 Å². The Kier molecular flexibility index (Phi) is 13.3. The molecule has 44 heavy (non-hydrogen) atoms. The van der Waals surface area contributed by atoms with E-state index < -0.39 is 112 Å². The summed E-state index contributed by atoms with van der Waals surface area (Å²) in [5.74, 6) is -5.97. The number of hydrogen-bond donors (Lipinski definition) is 3. The number of hydrogen-bond acceptors (Lipinski definition) is 16. The lowest BCUT2D eigenvalue weighted by Gasteiger charge is -2.54. The summed E-state index contributed by atoms with van der Waals surface area (Å²) in [6.07, 6.45) is -12.1. The second kappa shape index (κ2) is 15.6. The van der Waals surface area contributed by atoms with Crippen LogP contribution in [0.4, 0.5) is 0 Å². The zero-order valence-corrected chi connectivity index (χ0v) is 27.3. The molecule has 17 heteroatoms. The van der Waals surface area contributed by atoms with Gasteiger partial charge in [0.2, 0.25) is 5.79 Å². The molecule has 2 aliphatic rings. The predicted octanol–water partition coefficient (Wildman–Crippen LogP) is -0.478. The third kappa shape index (κ3) is 10.5. The van der Waals surface area contributed by atoms with Gasteiger partial charge in [-0.25, -0.2) is 0 Å². The van der Waals surface area contributed by atoms with Crippen molar-refractivity contribution in [3.05, 3.63) is 0 Å². The molecule has 0 bridgehead atoms. The zero-order valence-electron chi connectivity index (χ0n) is 26.3. The molecule has 0 amide bonds. The van der Waals surface area contributed by atoms with Gasteiger partial charge < -0.3 is 53.8 Å². The van der Waals surface area contributed by atoms with Crippen molar-refractivity contribution in [1.29, 1.82) is 0 Å². The number of nitrogens with two attached hydrogens (primary N) is 1. The van der Waals surface area contributed by atoms with Gasteiger partial charge in [-0.2, -0.15) is 0 Å². The molecule has 252 valence electrons. The van der Waals surface area contributed by atoms with Gasteiger partial charge in [0.05, 0.1) is 6.04 Å². The van der Waals surface area contributed by atoms with E-state index in [-0.39, 0.29) is 6.42 Å². The Bertz CT molecular complexity index is 1050. The summed E-state index contributed by atoms with van der Waals surface area (Å²) in [6.45, 7) is 10.7. The largest absolute Gasteiger partial charge is 0.463 e. The quantitative estimate of drug-likeness (QED) is 0.138. The van der Waals surface area contributed by atoms with Crippen LogP contribution in [0.25, 0.3) is 0 Å². The second-order valence-corrected chi connectivity index (χ2v) is 17.6. The molecule has 0 aliphatic carbocycles. The monoisotopic (exact) mass is 651 g/mol. The van der Waals surface area contributed by atoms with E-state index in [9.17, 15) is 34.2 Å². The van der Waals surface area contributed by atoms with E-state index in [0.717, 1.165) is 34.6 Å². The summed E-state index contributed by atoms with van der Waals surface area (Å²) in [7, 11) is -1.97. The minimum Gasteiger partial charge on any atom is -0.463 e. The molecule has 4 N–H and O–H groups in total. The first-order valence-corrected chi connectivity index (χ1v) is 17.9. The second-order valence-electron chi connectivity index (χ2n) is 12.0. The van der Waals surface area contributed by atoms with Gasteiger partial charge in [0.15, 0.2) is 24.6 Å². The van der Waals surface area contributed by atoms with Gasteiger partial charge in [0.25, 0.3) is 0 Å². The number of carbonyl (C=O) groups excluding carboxylic acids is 5. The smallest absolute Gasteiger partial charge is 0.303 e. The molecule has 16 nitrogen and oxygen atoms in total. The maximum Gasteiger partial charge on any atom is 0.303 e.